The first kappa shape index (κ1) is 13.9. The molecule has 0 radical (unpaired) electrons. The summed E-state index contributed by atoms with van der Waals surface area (Å²) in [7, 11) is 1.62. The molecule has 1 aliphatic carbocycles. The molecular formula is C14H21N3O2. The highest BCUT2D eigenvalue weighted by molar-refractivity contribution is 5.74. The lowest BCUT2D eigenvalue weighted by Crippen LogP contribution is -2.28. The van der Waals surface area contributed by atoms with Gasteiger partial charge in [-0.1, -0.05) is 19.3 Å². The molecule has 0 aliphatic heterocycles. The lowest BCUT2D eigenvalue weighted by Gasteiger charge is -2.22. The number of nitrogens with zero attached hydrogens (tertiary/aromatic N) is 2. The molecule has 0 aromatic carbocycles. The van der Waals surface area contributed by atoms with Gasteiger partial charge in [-0.15, -0.1) is 0 Å². The van der Waals surface area contributed by atoms with Crippen LogP contribution in [-0.4, -0.2) is 28.1 Å². The summed E-state index contributed by atoms with van der Waals surface area (Å²) in [5.41, 5.74) is 1.84. The zero-order chi connectivity index (χ0) is 13.8. The second-order valence-electron chi connectivity index (χ2n) is 5.19. The second kappa shape index (κ2) is 6.10. The normalized spacial score (nSPS) is 18.2. The maximum atomic E-state index is 11.2. The van der Waals surface area contributed by atoms with Crippen LogP contribution in [0.25, 0.3) is 0 Å². The van der Waals surface area contributed by atoms with Gasteiger partial charge in [0.2, 0.25) is 0 Å². The van der Waals surface area contributed by atoms with Crippen molar-refractivity contribution in [1.82, 2.24) is 15.3 Å². The van der Waals surface area contributed by atoms with Crippen molar-refractivity contribution >= 4 is 5.97 Å². The van der Waals surface area contributed by atoms with Crippen molar-refractivity contribution in [3.8, 4) is 0 Å². The van der Waals surface area contributed by atoms with E-state index in [-0.39, 0.29) is 0 Å². The number of aryl methyl sites for hydroxylation is 1. The van der Waals surface area contributed by atoms with Crippen LogP contribution in [0.3, 0.4) is 0 Å². The minimum atomic E-state index is -0.942. The second-order valence-corrected chi connectivity index (χ2v) is 5.19. The lowest BCUT2D eigenvalue weighted by atomic mass is 9.86. The predicted molar refractivity (Wildman–Crippen MR) is 72.0 cm³/mol. The van der Waals surface area contributed by atoms with Crippen LogP contribution in [-0.2, 0) is 4.79 Å². The van der Waals surface area contributed by atoms with E-state index in [9.17, 15) is 9.90 Å². The van der Waals surface area contributed by atoms with Crippen LogP contribution in [0, 0.1) is 6.92 Å². The van der Waals surface area contributed by atoms with Gasteiger partial charge in [0.15, 0.2) is 11.9 Å². The van der Waals surface area contributed by atoms with Crippen molar-refractivity contribution in [1.29, 1.82) is 0 Å². The average molecular weight is 263 g/mol. The third kappa shape index (κ3) is 3.29. The number of hydrogen-bond donors (Lipinski definition) is 2. The van der Waals surface area contributed by atoms with Crippen LogP contribution in [0.15, 0.2) is 6.07 Å². The number of likely N-dealkylation sites (N-methyl/N-ethyl adjacent to an activating group) is 1. The molecule has 5 heteroatoms. The Labute approximate surface area is 113 Å². The quantitative estimate of drug-likeness (QED) is 0.870. The molecule has 0 amide bonds. The van der Waals surface area contributed by atoms with E-state index in [4.69, 9.17) is 0 Å². The molecule has 0 bridgehead atoms. The maximum Gasteiger partial charge on any atom is 0.328 e. The standard InChI is InChI=1S/C14H21N3O2/c1-9-8-11(10-6-4-3-5-7-10)17-13(16-9)12(15-2)14(18)19/h8,10,12,15H,3-7H2,1-2H3,(H,18,19). The van der Waals surface area contributed by atoms with E-state index >= 15 is 0 Å². The molecule has 1 aliphatic rings. The van der Waals surface area contributed by atoms with Gasteiger partial charge in [-0.25, -0.2) is 9.97 Å². The van der Waals surface area contributed by atoms with E-state index < -0.39 is 12.0 Å². The fraction of sp³-hybridized carbons (Fsp3) is 0.643. The summed E-state index contributed by atoms with van der Waals surface area (Å²) in [6, 6.07) is 1.16. The third-order valence-electron chi connectivity index (χ3n) is 3.71. The summed E-state index contributed by atoms with van der Waals surface area (Å²) >= 11 is 0. The van der Waals surface area contributed by atoms with Gasteiger partial charge in [-0.2, -0.15) is 0 Å². The first-order chi connectivity index (χ1) is 9.11. The first-order valence-corrected chi connectivity index (χ1v) is 6.87. The molecule has 0 saturated heterocycles. The topological polar surface area (TPSA) is 75.1 Å². The molecule has 1 saturated carbocycles. The van der Waals surface area contributed by atoms with Crippen LogP contribution in [0.1, 0.15) is 61.3 Å². The summed E-state index contributed by atoms with van der Waals surface area (Å²) < 4.78 is 0. The maximum absolute atomic E-state index is 11.2. The summed E-state index contributed by atoms with van der Waals surface area (Å²) in [6.45, 7) is 1.89. The molecule has 1 heterocycles. The Morgan fingerprint density at radius 2 is 2.05 bits per heavy atom. The molecule has 1 fully saturated rings. The van der Waals surface area contributed by atoms with Gasteiger partial charge in [-0.05, 0) is 32.9 Å². The zero-order valence-electron chi connectivity index (χ0n) is 11.5. The molecule has 1 unspecified atom stereocenters. The fourth-order valence-corrected chi connectivity index (χ4v) is 2.72. The molecule has 1 aromatic rings. The number of carboxylic acids is 1. The Morgan fingerprint density at radius 3 is 2.63 bits per heavy atom. The molecular weight excluding hydrogens is 242 g/mol. The molecule has 1 aromatic heterocycles. The smallest absolute Gasteiger partial charge is 0.328 e. The number of aliphatic carboxylic acids is 1. The molecule has 104 valence electrons. The van der Waals surface area contributed by atoms with Crippen molar-refractivity contribution in [3.63, 3.8) is 0 Å². The minimum absolute atomic E-state index is 0.371. The van der Waals surface area contributed by atoms with Crippen LogP contribution >= 0.6 is 0 Å². The van der Waals surface area contributed by atoms with E-state index in [0.717, 1.165) is 24.2 Å². The van der Waals surface area contributed by atoms with Crippen LogP contribution in [0.2, 0.25) is 0 Å². The van der Waals surface area contributed by atoms with Gasteiger partial charge in [0.1, 0.15) is 0 Å². The summed E-state index contributed by atoms with van der Waals surface area (Å²) in [5.74, 6) is -0.112. The van der Waals surface area contributed by atoms with Crippen LogP contribution < -0.4 is 5.32 Å². The zero-order valence-corrected chi connectivity index (χ0v) is 11.5. The highest BCUT2D eigenvalue weighted by Gasteiger charge is 2.24. The number of carbonyl (C=O) groups is 1. The molecule has 1 atom stereocenters. The van der Waals surface area contributed by atoms with E-state index in [0.29, 0.717) is 11.7 Å². The molecule has 0 spiro atoms. The predicted octanol–water partition coefficient (Wildman–Crippen LogP) is 2.18. The Balaban J connectivity index is 2.30. The summed E-state index contributed by atoms with van der Waals surface area (Å²) in [4.78, 5) is 19.9. The Hall–Kier alpha value is -1.49. The Kier molecular flexibility index (Phi) is 4.47. The minimum Gasteiger partial charge on any atom is -0.480 e. The largest absolute Gasteiger partial charge is 0.480 e. The van der Waals surface area contributed by atoms with Gasteiger partial charge < -0.3 is 10.4 Å². The van der Waals surface area contributed by atoms with E-state index in [1.54, 1.807) is 7.05 Å². The molecule has 2 rings (SSSR count). The van der Waals surface area contributed by atoms with Gasteiger partial charge in [0.25, 0.3) is 0 Å². The van der Waals surface area contributed by atoms with Gasteiger partial charge in [0, 0.05) is 17.3 Å². The summed E-state index contributed by atoms with van der Waals surface area (Å²) in [5, 5.41) is 11.9. The van der Waals surface area contributed by atoms with Gasteiger partial charge >= 0.3 is 5.97 Å². The monoisotopic (exact) mass is 263 g/mol. The van der Waals surface area contributed by atoms with Crippen LogP contribution in [0.5, 0.6) is 0 Å². The number of aromatic nitrogens is 2. The number of carboxylic acid groups (broad SMARTS) is 1. The SMILES string of the molecule is CNC(C(=O)O)c1nc(C)cc(C2CCCCC2)n1. The van der Waals surface area contributed by atoms with Crippen LogP contribution in [0.4, 0.5) is 0 Å². The van der Waals surface area contributed by atoms with Gasteiger partial charge in [-0.3, -0.25) is 4.79 Å². The Bertz CT molecular complexity index is 456. The van der Waals surface area contributed by atoms with E-state index in [1.165, 1.54) is 19.3 Å². The van der Waals surface area contributed by atoms with Crippen molar-refractivity contribution in [2.45, 2.75) is 51.0 Å². The number of hydrogen-bond acceptors (Lipinski definition) is 4. The average Bonchev–Trinajstić information content (AvgIpc) is 2.39. The van der Waals surface area contributed by atoms with Crippen molar-refractivity contribution in [2.75, 3.05) is 7.05 Å². The van der Waals surface area contributed by atoms with Crippen molar-refractivity contribution in [2.24, 2.45) is 0 Å². The molecule has 5 nitrogen and oxygen atoms in total. The Morgan fingerprint density at radius 1 is 1.37 bits per heavy atom. The molecule has 2 N–H and O–H groups in total. The van der Waals surface area contributed by atoms with E-state index in [1.807, 2.05) is 13.0 Å². The highest BCUT2D eigenvalue weighted by atomic mass is 16.4. The third-order valence-corrected chi connectivity index (χ3v) is 3.71. The van der Waals surface area contributed by atoms with Gasteiger partial charge in [0.05, 0.1) is 0 Å². The molecule has 19 heavy (non-hydrogen) atoms. The number of nitrogens with one attached hydrogen (secondary N) is 1. The van der Waals surface area contributed by atoms with Crippen molar-refractivity contribution < 1.29 is 9.90 Å². The lowest BCUT2D eigenvalue weighted by molar-refractivity contribution is -0.139. The van der Waals surface area contributed by atoms with Crippen molar-refractivity contribution in [3.05, 3.63) is 23.3 Å². The summed E-state index contributed by atoms with van der Waals surface area (Å²) in [6.07, 6.45) is 6.05. The van der Waals surface area contributed by atoms with E-state index in [2.05, 4.69) is 15.3 Å². The first-order valence-electron chi connectivity index (χ1n) is 6.87. The fourth-order valence-electron chi connectivity index (χ4n) is 2.72. The highest BCUT2D eigenvalue weighted by Crippen LogP contribution is 2.32. The number of rotatable bonds is 4.